The molecule has 0 radical (unpaired) electrons. The molecule has 2 aromatic heterocycles. The number of carboxylic acid groups (broad SMARTS) is 2. The Balaban J connectivity index is 1.36. The monoisotopic (exact) mass is 690 g/mol. The highest BCUT2D eigenvalue weighted by molar-refractivity contribution is 7.14. The largest absolute Gasteiger partial charge is 0.481 e. The minimum absolute atomic E-state index is 0.176. The number of rotatable bonds is 16. The van der Waals surface area contributed by atoms with E-state index < -0.39 is 47.4 Å². The zero-order chi connectivity index (χ0) is 34.2. The van der Waals surface area contributed by atoms with Crippen LogP contribution in [0.25, 0.3) is 0 Å². The summed E-state index contributed by atoms with van der Waals surface area (Å²) in [6.07, 6.45) is 1.17. The molecule has 1 saturated carbocycles. The van der Waals surface area contributed by atoms with E-state index in [4.69, 9.17) is 9.47 Å². The molecular weight excluding hydrogens is 653 g/mol. The van der Waals surface area contributed by atoms with Crippen LogP contribution < -0.4 is 9.47 Å². The van der Waals surface area contributed by atoms with E-state index >= 15 is 0 Å². The van der Waals surface area contributed by atoms with Crippen molar-refractivity contribution in [2.75, 3.05) is 13.1 Å². The number of carbonyl (C=O) groups excluding carboxylic acids is 2. The quantitative estimate of drug-likeness (QED) is 0.126. The van der Waals surface area contributed by atoms with E-state index in [0.717, 1.165) is 9.75 Å². The van der Waals surface area contributed by atoms with Crippen molar-refractivity contribution in [2.45, 2.75) is 39.8 Å². The number of nitrogens with zero attached hydrogens (tertiary/aromatic N) is 2. The van der Waals surface area contributed by atoms with Crippen molar-refractivity contribution in [1.29, 1.82) is 0 Å². The molecule has 0 bridgehead atoms. The fourth-order valence-electron chi connectivity index (χ4n) is 6.05. The molecule has 4 atom stereocenters. The van der Waals surface area contributed by atoms with Gasteiger partial charge in [-0.15, -0.1) is 22.7 Å². The molecule has 252 valence electrons. The summed E-state index contributed by atoms with van der Waals surface area (Å²) in [7, 11) is 0. The van der Waals surface area contributed by atoms with Crippen LogP contribution in [0.3, 0.4) is 0 Å². The Morgan fingerprint density at radius 3 is 1.29 bits per heavy atom. The minimum Gasteiger partial charge on any atom is -0.481 e. The smallest absolute Gasteiger partial charge is 0.308 e. The zero-order valence-corrected chi connectivity index (χ0v) is 28.3. The molecule has 12 heteroatoms. The Morgan fingerprint density at radius 1 is 0.583 bits per heavy atom. The molecule has 0 aliphatic heterocycles. The van der Waals surface area contributed by atoms with Crippen molar-refractivity contribution in [3.63, 3.8) is 0 Å². The first-order chi connectivity index (χ1) is 23.2. The maximum Gasteiger partial charge on any atom is 0.308 e. The molecule has 10 nitrogen and oxygen atoms in total. The van der Waals surface area contributed by atoms with Crippen LogP contribution in [0.1, 0.15) is 36.4 Å². The average molecular weight is 691 g/mol. The van der Waals surface area contributed by atoms with Crippen molar-refractivity contribution in [2.24, 2.45) is 23.7 Å². The first kappa shape index (κ1) is 34.6. The average Bonchev–Trinajstić information content (AvgIpc) is 3.69. The first-order valence-electron chi connectivity index (χ1n) is 15.9. The lowest BCUT2D eigenvalue weighted by molar-refractivity contribution is -0.187. The van der Waals surface area contributed by atoms with Crippen molar-refractivity contribution in [1.82, 2.24) is 9.80 Å². The number of carboxylic acids is 2. The number of hydrogen-bond donors (Lipinski definition) is 2. The van der Waals surface area contributed by atoms with Crippen LogP contribution in [0.2, 0.25) is 0 Å². The Bertz CT molecular complexity index is 1580. The van der Waals surface area contributed by atoms with Gasteiger partial charge >= 0.3 is 11.9 Å². The third-order valence-corrected chi connectivity index (χ3v) is 10.1. The van der Waals surface area contributed by atoms with Gasteiger partial charge in [0.05, 0.1) is 36.8 Å². The second-order valence-electron chi connectivity index (χ2n) is 11.6. The van der Waals surface area contributed by atoms with Crippen LogP contribution in [0, 0.1) is 23.7 Å². The predicted octanol–water partition coefficient (Wildman–Crippen LogP) is 7.22. The highest BCUT2D eigenvalue weighted by Gasteiger charge is 2.64. The molecule has 1 aliphatic carbocycles. The van der Waals surface area contributed by atoms with Gasteiger partial charge in [-0.25, -0.2) is 0 Å². The molecule has 48 heavy (non-hydrogen) atoms. The third-order valence-electron chi connectivity index (χ3n) is 8.19. The zero-order valence-electron chi connectivity index (χ0n) is 26.7. The van der Waals surface area contributed by atoms with Gasteiger partial charge in [-0.3, -0.25) is 19.2 Å². The SMILES string of the molecule is CCCN(Cc1ccc(Oc2ccccc2)s1)C(=O)C1C(C(=O)O)C(C(=O)O)C1C(=O)N(CCC)Cc1ccc(Oc2ccccc2)s1. The maximum absolute atomic E-state index is 14.2. The lowest BCUT2D eigenvalue weighted by Gasteiger charge is -2.48. The number of para-hydroxylation sites is 2. The first-order valence-corrected chi connectivity index (χ1v) is 17.5. The second kappa shape index (κ2) is 15.9. The number of thiophene rings is 2. The Kier molecular flexibility index (Phi) is 11.5. The summed E-state index contributed by atoms with van der Waals surface area (Å²) in [5, 5.41) is 21.5. The molecule has 2 N–H and O–H groups in total. The van der Waals surface area contributed by atoms with Crippen LogP contribution in [0.15, 0.2) is 84.9 Å². The highest BCUT2D eigenvalue weighted by Crippen LogP contribution is 2.49. The number of carbonyl (C=O) groups is 4. The van der Waals surface area contributed by atoms with E-state index in [-0.39, 0.29) is 13.1 Å². The molecule has 2 heterocycles. The van der Waals surface area contributed by atoms with Gasteiger partial charge in [0, 0.05) is 22.8 Å². The molecule has 4 unspecified atom stereocenters. The second-order valence-corrected chi connectivity index (χ2v) is 13.8. The Labute approximate surface area is 287 Å². The van der Waals surface area contributed by atoms with Gasteiger partial charge < -0.3 is 29.5 Å². The molecule has 1 aliphatic rings. The normalized spacial score (nSPS) is 18.4. The van der Waals surface area contributed by atoms with Gasteiger partial charge in [0.1, 0.15) is 11.5 Å². The topological polar surface area (TPSA) is 134 Å². The summed E-state index contributed by atoms with van der Waals surface area (Å²) < 4.78 is 11.8. The van der Waals surface area contributed by atoms with E-state index in [1.54, 1.807) is 12.1 Å². The number of ether oxygens (including phenoxy) is 2. The number of amides is 2. The van der Waals surface area contributed by atoms with E-state index in [2.05, 4.69) is 0 Å². The third kappa shape index (κ3) is 8.06. The van der Waals surface area contributed by atoms with Gasteiger partial charge in [-0.05, 0) is 61.4 Å². The molecule has 2 aromatic carbocycles. The summed E-state index contributed by atoms with van der Waals surface area (Å²) >= 11 is 2.72. The highest BCUT2D eigenvalue weighted by atomic mass is 32.1. The van der Waals surface area contributed by atoms with Gasteiger partial charge in [0.25, 0.3) is 0 Å². The standard InChI is InChI=1S/C36H38N2O8S2/c1-3-19-37(21-25-15-17-27(47-25)45-23-11-7-5-8-12-23)33(39)29-30(32(36(43)44)31(29)35(41)42)34(40)38(20-4-2)22-26-16-18-28(48-26)46-24-13-9-6-10-14-24/h5-18,29-32H,3-4,19-22H2,1-2H3,(H,41,42)(H,43,44). The van der Waals surface area contributed by atoms with Gasteiger partial charge in [-0.1, -0.05) is 50.2 Å². The maximum atomic E-state index is 14.2. The molecule has 5 rings (SSSR count). The number of hydrogen-bond acceptors (Lipinski definition) is 8. The minimum atomic E-state index is -1.53. The van der Waals surface area contributed by atoms with Gasteiger partial charge in [-0.2, -0.15) is 0 Å². The summed E-state index contributed by atoms with van der Waals surface area (Å²) in [5.41, 5.74) is 0. The fraction of sp³-hybridized carbons (Fsp3) is 0.333. The predicted molar refractivity (Wildman–Crippen MR) is 182 cm³/mol. The van der Waals surface area contributed by atoms with Crippen LogP contribution in [-0.2, 0) is 32.3 Å². The Morgan fingerprint density at radius 2 is 0.958 bits per heavy atom. The molecule has 4 aromatic rings. The molecular formula is C36H38N2O8S2. The van der Waals surface area contributed by atoms with Crippen molar-refractivity contribution >= 4 is 46.4 Å². The summed E-state index contributed by atoms with van der Waals surface area (Å²) in [4.78, 5) is 58.0. The van der Waals surface area contributed by atoms with Gasteiger partial charge in [0.2, 0.25) is 11.8 Å². The van der Waals surface area contributed by atoms with Crippen molar-refractivity contribution < 1.29 is 38.9 Å². The lowest BCUT2D eigenvalue weighted by Crippen LogP contribution is -2.64. The molecule has 1 fully saturated rings. The van der Waals surface area contributed by atoms with Crippen LogP contribution in [0.4, 0.5) is 0 Å². The summed E-state index contributed by atoms with van der Waals surface area (Å²) in [6, 6.07) is 25.9. The molecule has 2 amide bonds. The fourth-order valence-corrected chi connectivity index (χ4v) is 7.83. The molecule has 0 spiro atoms. The van der Waals surface area contributed by atoms with E-state index in [0.29, 0.717) is 47.6 Å². The summed E-state index contributed by atoms with van der Waals surface area (Å²) in [6.45, 7) is 4.77. The lowest BCUT2D eigenvalue weighted by atomic mass is 9.55. The van der Waals surface area contributed by atoms with Crippen molar-refractivity contribution in [3.05, 3.63) is 94.7 Å². The molecule has 0 saturated heterocycles. The Hall–Kier alpha value is -4.68. The number of benzene rings is 2. The van der Waals surface area contributed by atoms with Crippen LogP contribution in [-0.4, -0.2) is 56.9 Å². The van der Waals surface area contributed by atoms with Crippen LogP contribution >= 0.6 is 22.7 Å². The number of aliphatic carboxylic acids is 2. The van der Waals surface area contributed by atoms with Crippen molar-refractivity contribution in [3.8, 4) is 21.6 Å². The van der Waals surface area contributed by atoms with Crippen LogP contribution in [0.5, 0.6) is 21.6 Å². The summed E-state index contributed by atoms with van der Waals surface area (Å²) in [5.74, 6) is -8.23. The van der Waals surface area contributed by atoms with E-state index in [1.807, 2.05) is 86.6 Å². The van der Waals surface area contributed by atoms with Gasteiger partial charge in [0.15, 0.2) is 10.1 Å². The van der Waals surface area contributed by atoms with E-state index in [1.165, 1.54) is 32.5 Å². The van der Waals surface area contributed by atoms with E-state index in [9.17, 15) is 29.4 Å².